The van der Waals surface area contributed by atoms with Crippen LogP contribution in [0.4, 0.5) is 14.5 Å². The number of halogens is 2. The lowest BCUT2D eigenvalue weighted by Gasteiger charge is -2.30. The fourth-order valence-electron chi connectivity index (χ4n) is 4.99. The summed E-state index contributed by atoms with van der Waals surface area (Å²) >= 11 is 0. The lowest BCUT2D eigenvalue weighted by Crippen LogP contribution is -2.36. The third-order valence-corrected chi connectivity index (χ3v) is 7.29. The molecule has 0 radical (unpaired) electrons. The highest BCUT2D eigenvalue weighted by atomic mass is 19.3. The Kier molecular flexibility index (Phi) is 10.6. The van der Waals surface area contributed by atoms with Gasteiger partial charge in [-0.1, -0.05) is 36.4 Å². The molecule has 0 spiro atoms. The number of carbonyl (C=O) groups is 2. The number of carbonyl (C=O) groups excluding carboxylic acids is 2. The Morgan fingerprint density at radius 2 is 1.86 bits per heavy atom. The van der Waals surface area contributed by atoms with E-state index in [1.165, 1.54) is 12.1 Å². The molecule has 4 rings (SSSR count). The molecule has 228 valence electrons. The van der Waals surface area contributed by atoms with Gasteiger partial charge in [0.1, 0.15) is 0 Å². The smallest absolute Gasteiger partial charge is 0.270 e. The van der Waals surface area contributed by atoms with Crippen molar-refractivity contribution in [1.82, 2.24) is 14.8 Å². The number of benzene rings is 2. The maximum absolute atomic E-state index is 14.4. The molecule has 3 aromatic rings. The van der Waals surface area contributed by atoms with Crippen LogP contribution in [-0.4, -0.2) is 60.5 Å². The van der Waals surface area contributed by atoms with Gasteiger partial charge in [-0.25, -0.2) is 8.78 Å². The normalized spacial score (nSPS) is 12.9. The number of aromatic nitrogens is 1. The van der Waals surface area contributed by atoms with E-state index in [2.05, 4.69) is 10.3 Å². The van der Waals surface area contributed by atoms with E-state index in [9.17, 15) is 18.4 Å². The van der Waals surface area contributed by atoms with Crippen LogP contribution in [0.3, 0.4) is 0 Å². The van der Waals surface area contributed by atoms with Crippen LogP contribution in [0.1, 0.15) is 57.0 Å². The minimum atomic E-state index is -3.07. The molecule has 2 aromatic carbocycles. The molecule has 0 fully saturated rings. The first-order chi connectivity index (χ1) is 20.5. The number of nitrogens with zero attached hydrogens (tertiary/aromatic N) is 3. The molecule has 0 unspecified atom stereocenters. The van der Waals surface area contributed by atoms with Crippen LogP contribution in [0.25, 0.3) is 0 Å². The summed E-state index contributed by atoms with van der Waals surface area (Å²) in [6, 6.07) is 21.0. The van der Waals surface area contributed by atoms with E-state index in [4.69, 9.17) is 4.74 Å². The van der Waals surface area contributed by atoms with Crippen molar-refractivity contribution in [1.29, 1.82) is 0 Å². The van der Waals surface area contributed by atoms with Gasteiger partial charge in [-0.3, -0.25) is 19.5 Å². The maximum Gasteiger partial charge on any atom is 0.270 e. The Balaban J connectivity index is 0.00000529. The summed E-state index contributed by atoms with van der Waals surface area (Å²) in [4.78, 5) is 35.0. The van der Waals surface area contributed by atoms with Gasteiger partial charge in [0.25, 0.3) is 17.7 Å². The van der Waals surface area contributed by atoms with Crippen molar-refractivity contribution in [3.05, 3.63) is 118 Å². The van der Waals surface area contributed by atoms with Crippen LogP contribution >= 0.6 is 0 Å². The fourth-order valence-corrected chi connectivity index (χ4v) is 4.99. The van der Waals surface area contributed by atoms with Gasteiger partial charge in [0.15, 0.2) is 0 Å². The predicted octanol–water partition coefficient (Wildman–Crippen LogP) is 6.40. The molecule has 0 saturated carbocycles. The molecule has 9 heteroatoms. The number of likely N-dealkylation sites (N-methyl/N-ethyl adjacent to an activating group) is 1. The first-order valence-electron chi connectivity index (χ1n) is 14.2. The minimum Gasteiger partial charge on any atom is -0.383 e. The molecular weight excluding hydrogens is 550 g/mol. The molecule has 0 bridgehead atoms. The Hall–Kier alpha value is -4.21. The maximum atomic E-state index is 14.4. The molecule has 0 saturated heterocycles. The van der Waals surface area contributed by atoms with Crippen molar-refractivity contribution in [2.75, 3.05) is 39.2 Å². The number of amides is 2. The van der Waals surface area contributed by atoms with Crippen LogP contribution in [-0.2, 0) is 30.2 Å². The Bertz CT molecular complexity index is 1530. The zero-order valence-corrected chi connectivity index (χ0v) is 25.1. The summed E-state index contributed by atoms with van der Waals surface area (Å²) in [6.07, 6.45) is 2.06. The van der Waals surface area contributed by atoms with Gasteiger partial charge in [0, 0.05) is 70.3 Å². The SMILES string of the molecule is COCCN(C)Cc1cc(NC(=O)c2cccc3c2CCN(C(=O)c2ccccccc(C)nc2)C3)cc(C(C)(F)F)c1.[HH]. The largest absolute Gasteiger partial charge is 0.383 e. The van der Waals surface area contributed by atoms with Gasteiger partial charge in [-0.05, 0) is 73.5 Å². The van der Waals surface area contributed by atoms with Crippen LogP contribution in [0.15, 0.2) is 79.0 Å². The first-order valence-corrected chi connectivity index (χ1v) is 14.2. The molecule has 2 heterocycles. The molecule has 43 heavy (non-hydrogen) atoms. The summed E-state index contributed by atoms with van der Waals surface area (Å²) in [5, 5.41) is 2.85. The van der Waals surface area contributed by atoms with E-state index in [0.29, 0.717) is 61.6 Å². The third-order valence-electron chi connectivity index (χ3n) is 7.29. The number of fused-ring (bicyclic) bond motifs is 1. The molecular formula is C34H40F2N4O3. The second-order valence-corrected chi connectivity index (χ2v) is 10.9. The van der Waals surface area contributed by atoms with Gasteiger partial charge >= 0.3 is 0 Å². The van der Waals surface area contributed by atoms with E-state index in [0.717, 1.165) is 23.7 Å². The van der Waals surface area contributed by atoms with Gasteiger partial charge in [0.05, 0.1) is 12.2 Å². The number of anilines is 1. The number of alkyl halides is 2. The molecule has 2 amide bonds. The summed E-state index contributed by atoms with van der Waals surface area (Å²) < 4.78 is 33.9. The summed E-state index contributed by atoms with van der Waals surface area (Å²) in [6.45, 7) is 5.05. The molecule has 1 aliphatic heterocycles. The molecule has 0 atom stereocenters. The van der Waals surface area contributed by atoms with Crippen molar-refractivity contribution in [2.45, 2.75) is 39.3 Å². The number of ether oxygens (including phenoxy) is 1. The number of hydrogen-bond acceptors (Lipinski definition) is 5. The number of rotatable bonds is 9. The van der Waals surface area contributed by atoms with E-state index in [1.807, 2.05) is 49.2 Å². The zero-order valence-electron chi connectivity index (χ0n) is 25.1. The van der Waals surface area contributed by atoms with E-state index in [-0.39, 0.29) is 18.8 Å². The van der Waals surface area contributed by atoms with E-state index in [1.54, 1.807) is 48.5 Å². The van der Waals surface area contributed by atoms with Crippen LogP contribution in [0.5, 0.6) is 0 Å². The second-order valence-electron chi connectivity index (χ2n) is 10.9. The standard InChI is InChI=1S/C34H38F2N4O3.H2/c1-24-10-7-5-6-8-11-26(21-37-24)33(42)40-15-14-30-27(23-40)12-9-13-31(30)32(41)38-29-19-25(22-39(3)16-17-43-4)18-28(20-29)34(2,35)36;/h5-13,18-21H,14-17,22-23H2,1-4H3,(H,38,41);1H. The number of nitrogens with one attached hydrogen (secondary N) is 1. The highest BCUT2D eigenvalue weighted by molar-refractivity contribution is 6.05. The van der Waals surface area contributed by atoms with Gasteiger partial charge in [-0.15, -0.1) is 0 Å². The predicted molar refractivity (Wildman–Crippen MR) is 166 cm³/mol. The molecule has 0 aliphatic carbocycles. The Labute approximate surface area is 253 Å². The van der Waals surface area contributed by atoms with Gasteiger partial charge in [-0.2, -0.15) is 0 Å². The lowest BCUT2D eigenvalue weighted by atomic mass is 9.93. The van der Waals surface area contributed by atoms with Crippen molar-refractivity contribution in [3.63, 3.8) is 0 Å². The van der Waals surface area contributed by atoms with Gasteiger partial charge in [0.2, 0.25) is 0 Å². The molecule has 7 nitrogen and oxygen atoms in total. The highest BCUT2D eigenvalue weighted by Gasteiger charge is 2.27. The van der Waals surface area contributed by atoms with E-state index >= 15 is 0 Å². The molecule has 1 N–H and O–H groups in total. The Morgan fingerprint density at radius 1 is 1.09 bits per heavy atom. The van der Waals surface area contributed by atoms with Gasteiger partial charge < -0.3 is 15.0 Å². The van der Waals surface area contributed by atoms with Crippen molar-refractivity contribution < 1.29 is 24.5 Å². The quantitative estimate of drug-likeness (QED) is 0.312. The minimum absolute atomic E-state index is 0. The average Bonchev–Trinajstić information content (AvgIpc) is 2.97. The van der Waals surface area contributed by atoms with Crippen LogP contribution < -0.4 is 5.32 Å². The van der Waals surface area contributed by atoms with Crippen molar-refractivity contribution in [3.8, 4) is 0 Å². The topological polar surface area (TPSA) is 74.8 Å². The molecule has 1 aromatic heterocycles. The van der Waals surface area contributed by atoms with Crippen LogP contribution in [0.2, 0.25) is 0 Å². The summed E-state index contributed by atoms with van der Waals surface area (Å²) in [5.74, 6) is -3.60. The van der Waals surface area contributed by atoms with Crippen LogP contribution in [0, 0.1) is 6.92 Å². The highest BCUT2D eigenvalue weighted by Crippen LogP contribution is 2.31. The molecule has 1 aliphatic rings. The zero-order chi connectivity index (χ0) is 31.0. The summed E-state index contributed by atoms with van der Waals surface area (Å²) in [7, 11) is 3.49. The monoisotopic (exact) mass is 590 g/mol. The first kappa shape index (κ1) is 31.7. The van der Waals surface area contributed by atoms with E-state index < -0.39 is 5.92 Å². The second kappa shape index (κ2) is 14.3. The number of hydrogen-bond donors (Lipinski definition) is 1. The summed E-state index contributed by atoms with van der Waals surface area (Å²) in [5.41, 5.74) is 4.22. The Morgan fingerprint density at radius 3 is 2.60 bits per heavy atom. The third kappa shape index (κ3) is 8.65. The number of aryl methyl sites for hydroxylation is 1. The van der Waals surface area contributed by atoms with Crippen molar-refractivity contribution in [2.24, 2.45) is 0 Å². The lowest BCUT2D eigenvalue weighted by molar-refractivity contribution is 0.0173. The fraction of sp³-hybridized carbons (Fsp3) is 0.324. The average molecular weight is 591 g/mol. The number of methoxy groups -OCH3 is 1. The van der Waals surface area contributed by atoms with Crippen molar-refractivity contribution >= 4 is 17.5 Å².